The predicted molar refractivity (Wildman–Crippen MR) is 118 cm³/mol. The van der Waals surface area contributed by atoms with Gasteiger partial charge < -0.3 is 29.5 Å². The van der Waals surface area contributed by atoms with Gasteiger partial charge in [-0.15, -0.1) is 0 Å². The van der Waals surface area contributed by atoms with Gasteiger partial charge in [0, 0.05) is 44.8 Å². The highest BCUT2D eigenvalue weighted by molar-refractivity contribution is 5.68. The van der Waals surface area contributed by atoms with Gasteiger partial charge in [0.15, 0.2) is 11.6 Å². The molecule has 3 rings (SSSR count). The van der Waals surface area contributed by atoms with E-state index in [1.165, 1.54) is 13.2 Å². The van der Waals surface area contributed by atoms with Crippen LogP contribution in [0.15, 0.2) is 30.5 Å². The lowest BCUT2D eigenvalue weighted by Crippen LogP contribution is -2.42. The highest BCUT2D eigenvalue weighted by atomic mass is 19.1. The van der Waals surface area contributed by atoms with Gasteiger partial charge in [0.25, 0.3) is 0 Å². The number of pyridine rings is 1. The van der Waals surface area contributed by atoms with Crippen LogP contribution in [-0.2, 0) is 11.2 Å². The van der Waals surface area contributed by atoms with Gasteiger partial charge in [0.1, 0.15) is 11.9 Å². The monoisotopic (exact) mass is 447 g/mol. The van der Waals surface area contributed by atoms with Crippen LogP contribution in [0.2, 0.25) is 0 Å². The molecule has 0 atom stereocenters. The molecule has 1 aromatic carbocycles. The first-order valence-corrected chi connectivity index (χ1v) is 10.7. The molecule has 1 fully saturated rings. The number of nitrogens with one attached hydrogen (secondary N) is 1. The second-order valence-electron chi connectivity index (χ2n) is 7.84. The molecule has 1 aliphatic heterocycles. The van der Waals surface area contributed by atoms with Gasteiger partial charge in [0.05, 0.1) is 18.9 Å². The Bertz CT molecular complexity index is 917. The number of aliphatic hydroxyl groups is 1. The van der Waals surface area contributed by atoms with Gasteiger partial charge in [-0.2, -0.15) is 0 Å². The largest absolute Gasteiger partial charge is 0.490 e. The van der Waals surface area contributed by atoms with E-state index in [-0.39, 0.29) is 30.6 Å². The van der Waals surface area contributed by atoms with Crippen LogP contribution in [0.3, 0.4) is 0 Å². The number of carbonyl (C=O) groups excluding carboxylic acids is 1. The van der Waals surface area contributed by atoms with Crippen molar-refractivity contribution in [3.8, 4) is 11.5 Å². The van der Waals surface area contributed by atoms with Crippen molar-refractivity contribution in [2.75, 3.05) is 32.1 Å². The van der Waals surface area contributed by atoms with Gasteiger partial charge in [-0.05, 0) is 38.0 Å². The Kier molecular flexibility index (Phi) is 8.10. The van der Waals surface area contributed by atoms with Crippen LogP contribution in [-0.4, -0.2) is 60.1 Å². The summed E-state index contributed by atoms with van der Waals surface area (Å²) in [4.78, 5) is 18.0. The number of halogens is 1. The Labute approximate surface area is 187 Å². The molecule has 1 saturated heterocycles. The molecule has 0 spiro atoms. The Morgan fingerprint density at radius 1 is 1.31 bits per heavy atom. The summed E-state index contributed by atoms with van der Waals surface area (Å²) in [5.41, 5.74) is 0.947. The van der Waals surface area contributed by atoms with Crippen LogP contribution in [0, 0.1) is 5.82 Å². The lowest BCUT2D eigenvalue weighted by atomic mass is 10.1. The molecule has 0 aliphatic carbocycles. The molecular weight excluding hydrogens is 417 g/mol. The van der Waals surface area contributed by atoms with Gasteiger partial charge in [0.2, 0.25) is 5.75 Å². The molecule has 0 bridgehead atoms. The number of carbonyl (C=O) groups is 1. The van der Waals surface area contributed by atoms with E-state index >= 15 is 0 Å². The third-order valence-electron chi connectivity index (χ3n) is 5.09. The Balaban J connectivity index is 1.67. The number of anilines is 2. The third-order valence-corrected chi connectivity index (χ3v) is 5.09. The fourth-order valence-corrected chi connectivity index (χ4v) is 3.49. The van der Waals surface area contributed by atoms with Crippen LogP contribution in [0.25, 0.3) is 0 Å². The molecule has 1 aromatic heterocycles. The zero-order chi connectivity index (χ0) is 23.1. The first-order valence-electron chi connectivity index (χ1n) is 10.7. The molecule has 9 heteroatoms. The Morgan fingerprint density at radius 3 is 2.69 bits per heavy atom. The number of hydrogen-bond donors (Lipinski definition) is 2. The zero-order valence-electron chi connectivity index (χ0n) is 18.6. The summed E-state index contributed by atoms with van der Waals surface area (Å²) in [5.74, 6) is 0.738. The summed E-state index contributed by atoms with van der Waals surface area (Å²) in [6, 6.07) is 6.42. The van der Waals surface area contributed by atoms with Crippen LogP contribution in [0.4, 0.5) is 20.7 Å². The minimum Gasteiger partial charge on any atom is -0.490 e. The van der Waals surface area contributed by atoms with E-state index in [9.17, 15) is 9.18 Å². The number of amides is 1. The third kappa shape index (κ3) is 6.00. The van der Waals surface area contributed by atoms with Crippen molar-refractivity contribution >= 4 is 17.6 Å². The van der Waals surface area contributed by atoms with Crippen molar-refractivity contribution in [1.29, 1.82) is 0 Å². The molecule has 0 radical (unpaired) electrons. The van der Waals surface area contributed by atoms with Crippen LogP contribution >= 0.6 is 0 Å². The lowest BCUT2D eigenvalue weighted by Gasteiger charge is -2.32. The summed E-state index contributed by atoms with van der Waals surface area (Å²) < 4.78 is 31.4. The van der Waals surface area contributed by atoms with Crippen molar-refractivity contribution in [3.63, 3.8) is 0 Å². The van der Waals surface area contributed by atoms with E-state index in [1.54, 1.807) is 29.3 Å². The quantitative estimate of drug-likeness (QED) is 0.634. The van der Waals surface area contributed by atoms with E-state index < -0.39 is 5.82 Å². The van der Waals surface area contributed by atoms with Crippen LogP contribution in [0.1, 0.15) is 32.3 Å². The van der Waals surface area contributed by atoms with Gasteiger partial charge in [-0.3, -0.25) is 0 Å². The highest BCUT2D eigenvalue weighted by Crippen LogP contribution is 2.37. The molecule has 32 heavy (non-hydrogen) atoms. The number of aliphatic hydroxyl groups excluding tert-OH is 1. The number of hydrogen-bond acceptors (Lipinski definition) is 7. The highest BCUT2D eigenvalue weighted by Gasteiger charge is 2.26. The van der Waals surface area contributed by atoms with E-state index in [2.05, 4.69) is 10.3 Å². The summed E-state index contributed by atoms with van der Waals surface area (Å²) in [6.45, 7) is 4.69. The maximum Gasteiger partial charge on any atom is 0.410 e. The molecule has 1 amide bonds. The second-order valence-corrected chi connectivity index (χ2v) is 7.84. The maximum absolute atomic E-state index is 14.5. The van der Waals surface area contributed by atoms with Crippen molar-refractivity contribution in [2.24, 2.45) is 0 Å². The fourth-order valence-electron chi connectivity index (χ4n) is 3.49. The summed E-state index contributed by atoms with van der Waals surface area (Å²) >= 11 is 0. The second kappa shape index (κ2) is 11.0. The van der Waals surface area contributed by atoms with Gasteiger partial charge in [-0.1, -0.05) is 6.07 Å². The van der Waals surface area contributed by atoms with Crippen molar-refractivity contribution < 1.29 is 28.5 Å². The molecular formula is C23H30FN3O5. The number of piperidine rings is 1. The molecule has 8 nitrogen and oxygen atoms in total. The number of aromatic nitrogens is 1. The van der Waals surface area contributed by atoms with Crippen molar-refractivity contribution in [1.82, 2.24) is 9.88 Å². The standard InChI is InChI=1S/C23H30FN3O5/c1-15(2)31-23(29)27-11-7-17(8-12-27)32-20-6-10-25-22(21(20)30-3)26-19-5-4-16(9-13-28)14-18(19)24/h4-6,10,14-15,17,28H,7-9,11-13H2,1-3H3,(H,25,26). The van der Waals surface area contributed by atoms with Crippen LogP contribution < -0.4 is 14.8 Å². The number of nitrogens with zero attached hydrogens (tertiary/aromatic N) is 2. The molecule has 0 unspecified atom stereocenters. The minimum atomic E-state index is -0.452. The normalized spacial score (nSPS) is 14.4. The van der Waals surface area contributed by atoms with E-state index in [4.69, 9.17) is 19.3 Å². The summed E-state index contributed by atoms with van der Waals surface area (Å²) in [5, 5.41) is 12.0. The summed E-state index contributed by atoms with van der Waals surface area (Å²) in [7, 11) is 1.50. The van der Waals surface area contributed by atoms with Crippen molar-refractivity contribution in [3.05, 3.63) is 41.8 Å². The van der Waals surface area contributed by atoms with Gasteiger partial charge >= 0.3 is 6.09 Å². The first-order chi connectivity index (χ1) is 15.4. The lowest BCUT2D eigenvalue weighted by molar-refractivity contribution is 0.0511. The predicted octanol–water partition coefficient (Wildman–Crippen LogP) is 3.90. The number of ether oxygens (including phenoxy) is 3. The van der Waals surface area contributed by atoms with E-state index in [0.717, 1.165) is 0 Å². The average Bonchev–Trinajstić information content (AvgIpc) is 2.76. The van der Waals surface area contributed by atoms with E-state index in [0.29, 0.717) is 55.2 Å². The maximum atomic E-state index is 14.5. The zero-order valence-corrected chi connectivity index (χ0v) is 18.6. The molecule has 2 aromatic rings. The number of benzene rings is 1. The minimum absolute atomic E-state index is 0.0428. The molecule has 174 valence electrons. The Morgan fingerprint density at radius 2 is 2.06 bits per heavy atom. The number of rotatable bonds is 8. The first kappa shape index (κ1) is 23.6. The van der Waals surface area contributed by atoms with E-state index in [1.807, 2.05) is 13.8 Å². The average molecular weight is 448 g/mol. The van der Waals surface area contributed by atoms with Gasteiger partial charge in [-0.25, -0.2) is 14.2 Å². The molecule has 2 heterocycles. The SMILES string of the molecule is COc1c(OC2CCN(C(=O)OC(C)C)CC2)ccnc1Nc1ccc(CCO)cc1F. The Hall–Kier alpha value is -3.07. The number of methoxy groups -OCH3 is 1. The molecule has 2 N–H and O–H groups in total. The summed E-state index contributed by atoms with van der Waals surface area (Å²) in [6.07, 6.45) is 2.70. The fraction of sp³-hybridized carbons (Fsp3) is 0.478. The molecule has 0 saturated carbocycles. The topological polar surface area (TPSA) is 93.2 Å². The van der Waals surface area contributed by atoms with Crippen LogP contribution in [0.5, 0.6) is 11.5 Å². The smallest absolute Gasteiger partial charge is 0.410 e. The number of likely N-dealkylation sites (tertiary alicyclic amines) is 1. The molecule has 1 aliphatic rings. The van der Waals surface area contributed by atoms with Crippen molar-refractivity contribution in [2.45, 2.75) is 45.3 Å².